The number of Topliss-reactive ketones (excluding diaryl/α,β-unsaturated/α-hetero) is 1. The highest BCUT2D eigenvalue weighted by molar-refractivity contribution is 5.90. The first-order chi connectivity index (χ1) is 16.3. The summed E-state index contributed by atoms with van der Waals surface area (Å²) in [5.74, 6) is 0.909. The molecule has 5 heteroatoms. The van der Waals surface area contributed by atoms with E-state index in [1.165, 1.54) is 18.4 Å². The number of allylic oxidation sites excluding steroid dienone is 1. The number of ether oxygens (including phenoxy) is 3. The lowest BCUT2D eigenvalue weighted by Crippen LogP contribution is -2.62. The van der Waals surface area contributed by atoms with E-state index >= 15 is 0 Å². The van der Waals surface area contributed by atoms with Gasteiger partial charge in [0.05, 0.1) is 11.9 Å². The van der Waals surface area contributed by atoms with Crippen LogP contribution in [0.4, 0.5) is 0 Å². The molecule has 3 heterocycles. The molecule has 1 saturated heterocycles. The van der Waals surface area contributed by atoms with E-state index in [0.717, 1.165) is 25.7 Å². The Kier molecular flexibility index (Phi) is 4.04. The lowest BCUT2D eigenvalue weighted by atomic mass is 9.41. The maximum absolute atomic E-state index is 14.2. The van der Waals surface area contributed by atoms with Gasteiger partial charge in [-0.3, -0.25) is 4.79 Å². The van der Waals surface area contributed by atoms with Gasteiger partial charge < -0.3 is 14.2 Å². The summed E-state index contributed by atoms with van der Waals surface area (Å²) in [7, 11) is 0. The fourth-order valence-electron chi connectivity index (χ4n) is 10.8. The summed E-state index contributed by atoms with van der Waals surface area (Å²) in [4.78, 5) is 26.7. The Balaban J connectivity index is 1.22. The van der Waals surface area contributed by atoms with Crippen LogP contribution < -0.4 is 0 Å². The zero-order valence-electron chi connectivity index (χ0n) is 22.1. The van der Waals surface area contributed by atoms with Crippen molar-refractivity contribution in [1.29, 1.82) is 0 Å². The van der Waals surface area contributed by atoms with Crippen LogP contribution in [0.5, 0.6) is 0 Å². The first kappa shape index (κ1) is 22.6. The molecule has 0 radical (unpaired) electrons. The molecule has 5 nitrogen and oxygen atoms in total. The summed E-state index contributed by atoms with van der Waals surface area (Å²) in [5, 5.41) is 0. The molecule has 35 heavy (non-hydrogen) atoms. The monoisotopic (exact) mass is 480 g/mol. The van der Waals surface area contributed by atoms with Gasteiger partial charge in [0.25, 0.3) is 0 Å². The first-order valence-corrected chi connectivity index (χ1v) is 13.8. The van der Waals surface area contributed by atoms with Gasteiger partial charge in [0.1, 0.15) is 23.6 Å². The highest BCUT2D eigenvalue weighted by Gasteiger charge is 2.85. The van der Waals surface area contributed by atoms with E-state index in [-0.39, 0.29) is 57.3 Å². The van der Waals surface area contributed by atoms with Crippen molar-refractivity contribution in [1.82, 2.24) is 0 Å². The minimum Gasteiger partial charge on any atom is -0.495 e. The second-order valence-electron chi connectivity index (χ2n) is 14.4. The average Bonchev–Trinajstić information content (AvgIpc) is 3.48. The van der Waals surface area contributed by atoms with Gasteiger partial charge in [-0.15, -0.1) is 0 Å². The molecule has 4 aliphatic carbocycles. The van der Waals surface area contributed by atoms with Crippen LogP contribution in [0.25, 0.3) is 0 Å². The molecule has 9 atom stereocenters. The second-order valence-corrected chi connectivity index (χ2v) is 14.4. The maximum atomic E-state index is 14.2. The first-order valence-electron chi connectivity index (χ1n) is 13.8. The van der Waals surface area contributed by atoms with E-state index in [2.05, 4.69) is 40.0 Å². The maximum Gasteiger partial charge on any atom is 0.330 e. The third-order valence-corrected chi connectivity index (χ3v) is 12.5. The summed E-state index contributed by atoms with van der Waals surface area (Å²) in [5.41, 5.74) is 0.488. The number of rotatable bonds is 2. The van der Waals surface area contributed by atoms with Gasteiger partial charge in [-0.1, -0.05) is 19.9 Å². The van der Waals surface area contributed by atoms with Crippen LogP contribution in [0.3, 0.4) is 0 Å². The normalized spacial score (nSPS) is 54.3. The van der Waals surface area contributed by atoms with Crippen molar-refractivity contribution in [2.24, 2.45) is 39.4 Å². The lowest BCUT2D eigenvalue weighted by Gasteiger charge is -2.61. The van der Waals surface area contributed by atoms with Crippen molar-refractivity contribution in [3.63, 3.8) is 0 Å². The molecule has 0 aromatic heterocycles. The summed E-state index contributed by atoms with van der Waals surface area (Å²) >= 11 is 0. The third-order valence-electron chi connectivity index (χ3n) is 12.5. The quantitative estimate of drug-likeness (QED) is 0.384. The zero-order chi connectivity index (χ0) is 24.8. The van der Waals surface area contributed by atoms with Crippen LogP contribution >= 0.6 is 0 Å². The van der Waals surface area contributed by atoms with Gasteiger partial charge >= 0.3 is 5.97 Å². The molecule has 0 bridgehead atoms. The van der Waals surface area contributed by atoms with Crippen molar-refractivity contribution >= 4 is 11.8 Å². The predicted molar refractivity (Wildman–Crippen MR) is 130 cm³/mol. The summed E-state index contributed by atoms with van der Waals surface area (Å²) in [6.45, 7) is 12.9. The van der Waals surface area contributed by atoms with Gasteiger partial charge in [0, 0.05) is 30.3 Å². The fourth-order valence-corrected chi connectivity index (χ4v) is 10.8. The minimum atomic E-state index is -0.653. The second kappa shape index (κ2) is 6.26. The number of carbonyl (C=O) groups excluding carboxylic acids is 2. The summed E-state index contributed by atoms with van der Waals surface area (Å²) in [6.07, 6.45) is 13.3. The van der Waals surface area contributed by atoms with Crippen molar-refractivity contribution < 1.29 is 23.8 Å². The molecular formula is C30H40O5. The summed E-state index contributed by atoms with van der Waals surface area (Å²) in [6, 6.07) is 0. The zero-order valence-corrected chi connectivity index (χ0v) is 22.1. The molecule has 0 aromatic rings. The largest absolute Gasteiger partial charge is 0.495 e. The van der Waals surface area contributed by atoms with E-state index in [1.807, 2.05) is 13.8 Å². The van der Waals surface area contributed by atoms with Crippen LogP contribution in [0.2, 0.25) is 0 Å². The SMILES string of the molecule is CC1(C)OC1C1CC(C2CCC34CC23CCC2C3(C)C=CC(=O)OC(C)(C)C3CC(=O)C24C)=CO1. The topological polar surface area (TPSA) is 65.1 Å². The van der Waals surface area contributed by atoms with Crippen LogP contribution in [0.1, 0.15) is 86.5 Å². The van der Waals surface area contributed by atoms with Crippen LogP contribution in [0, 0.1) is 39.4 Å². The molecular weight excluding hydrogens is 440 g/mol. The number of epoxide rings is 1. The number of ketones is 1. The minimum absolute atomic E-state index is 0.0109. The predicted octanol–water partition coefficient (Wildman–Crippen LogP) is 5.53. The van der Waals surface area contributed by atoms with Crippen molar-refractivity contribution in [2.75, 3.05) is 0 Å². The summed E-state index contributed by atoms with van der Waals surface area (Å²) < 4.78 is 17.9. The van der Waals surface area contributed by atoms with E-state index in [1.54, 1.807) is 6.08 Å². The van der Waals surface area contributed by atoms with E-state index in [4.69, 9.17) is 14.2 Å². The highest BCUT2D eigenvalue weighted by Crippen LogP contribution is 2.90. The molecule has 190 valence electrons. The third kappa shape index (κ3) is 2.50. The Morgan fingerprint density at radius 1 is 0.914 bits per heavy atom. The van der Waals surface area contributed by atoms with Gasteiger partial charge in [-0.2, -0.15) is 0 Å². The molecule has 0 N–H and O–H groups in total. The number of hydrogen-bond donors (Lipinski definition) is 0. The Morgan fingerprint density at radius 3 is 2.37 bits per heavy atom. The molecule has 0 aromatic carbocycles. The molecule has 3 aliphatic heterocycles. The van der Waals surface area contributed by atoms with E-state index < -0.39 is 5.60 Å². The molecule has 7 rings (SSSR count). The van der Waals surface area contributed by atoms with Crippen LogP contribution in [-0.2, 0) is 23.8 Å². The van der Waals surface area contributed by atoms with Crippen molar-refractivity contribution in [3.05, 3.63) is 24.0 Å². The molecule has 0 amide bonds. The average molecular weight is 481 g/mol. The van der Waals surface area contributed by atoms with Gasteiger partial charge in [0.2, 0.25) is 0 Å². The Morgan fingerprint density at radius 2 is 1.66 bits per heavy atom. The Hall–Kier alpha value is -1.62. The number of cyclic esters (lactones) is 1. The van der Waals surface area contributed by atoms with E-state index in [9.17, 15) is 9.59 Å². The van der Waals surface area contributed by atoms with E-state index in [0.29, 0.717) is 18.1 Å². The lowest BCUT2D eigenvalue weighted by molar-refractivity contribution is -0.184. The van der Waals surface area contributed by atoms with Crippen LogP contribution in [-0.4, -0.2) is 35.2 Å². The van der Waals surface area contributed by atoms with Gasteiger partial charge in [0.15, 0.2) is 0 Å². The fraction of sp³-hybridized carbons (Fsp3) is 0.800. The van der Waals surface area contributed by atoms with Gasteiger partial charge in [-0.05, 0) is 93.5 Å². The number of hydrogen-bond acceptors (Lipinski definition) is 5. The smallest absolute Gasteiger partial charge is 0.330 e. The Labute approximate surface area is 209 Å². The molecule has 5 fully saturated rings. The molecule has 9 unspecified atom stereocenters. The molecule has 4 saturated carbocycles. The van der Waals surface area contributed by atoms with Crippen molar-refractivity contribution in [3.8, 4) is 0 Å². The van der Waals surface area contributed by atoms with Gasteiger partial charge in [-0.25, -0.2) is 4.79 Å². The van der Waals surface area contributed by atoms with Crippen LogP contribution in [0.15, 0.2) is 24.0 Å². The number of carbonyl (C=O) groups is 2. The number of fused-ring (bicyclic) bond motifs is 3. The number of esters is 1. The standard InChI is InChI=1S/C30H40O5/c1-25(2)21-14-22(31)28(6)20(27(21,5)10-9-23(32)34-25)8-11-29-16-30(28,29)12-7-18(29)17-13-19(33-15-17)24-26(3,4)35-24/h9-10,15,18-21,24H,7-8,11-14,16H2,1-6H3. The van der Waals surface area contributed by atoms with Crippen molar-refractivity contribution in [2.45, 2.75) is 110 Å². The molecule has 0 spiro atoms. The Bertz CT molecular complexity index is 1100. The highest BCUT2D eigenvalue weighted by atomic mass is 16.6. The molecule has 7 aliphatic rings.